The molecule has 0 aliphatic rings. The molecule has 0 bridgehead atoms. The quantitative estimate of drug-likeness (QED) is 0.803. The number of hydrogen-bond donors (Lipinski definition) is 1. The Morgan fingerprint density at radius 1 is 1.50 bits per heavy atom. The minimum Gasteiger partial charge on any atom is -0.479 e. The molecular weight excluding hydrogens is 212 g/mol. The van der Waals surface area contributed by atoms with Crippen LogP contribution in [0.5, 0.6) is 5.88 Å². The second kappa shape index (κ2) is 3.97. The highest BCUT2D eigenvalue weighted by molar-refractivity contribution is 5.90. The minimum atomic E-state index is -1.10. The summed E-state index contributed by atoms with van der Waals surface area (Å²) in [7, 11) is 1.36. The fourth-order valence-electron chi connectivity index (χ4n) is 1.18. The third-order valence-electron chi connectivity index (χ3n) is 1.89. The third-order valence-corrected chi connectivity index (χ3v) is 1.89. The summed E-state index contributed by atoms with van der Waals surface area (Å²) in [4.78, 5) is 18.7. The molecule has 0 aliphatic heterocycles. The average Bonchev–Trinajstić information content (AvgIpc) is 2.74. The summed E-state index contributed by atoms with van der Waals surface area (Å²) >= 11 is 0. The fourth-order valence-corrected chi connectivity index (χ4v) is 1.18. The number of aromatic nitrogens is 4. The van der Waals surface area contributed by atoms with Gasteiger partial charge in [-0.25, -0.2) is 14.5 Å². The summed E-state index contributed by atoms with van der Waals surface area (Å²) in [6.07, 6.45) is 5.80. The molecule has 0 amide bonds. The number of rotatable bonds is 3. The van der Waals surface area contributed by atoms with E-state index in [4.69, 9.17) is 9.84 Å². The van der Waals surface area contributed by atoms with Crippen molar-refractivity contribution in [3.63, 3.8) is 0 Å². The van der Waals surface area contributed by atoms with Crippen LogP contribution in [0.2, 0.25) is 0 Å². The highest BCUT2D eigenvalue weighted by atomic mass is 16.5. The Morgan fingerprint density at radius 2 is 2.31 bits per heavy atom. The number of ether oxygens (including phenoxy) is 1. The number of nitrogens with zero attached hydrogens (tertiary/aromatic N) is 4. The van der Waals surface area contributed by atoms with Crippen molar-refractivity contribution in [3.05, 3.63) is 30.4 Å². The molecular formula is C9H8N4O3. The van der Waals surface area contributed by atoms with Gasteiger partial charge in [0.2, 0.25) is 5.88 Å². The lowest BCUT2D eigenvalue weighted by atomic mass is 10.3. The Labute approximate surface area is 90.3 Å². The zero-order valence-corrected chi connectivity index (χ0v) is 8.36. The molecule has 0 radical (unpaired) electrons. The largest absolute Gasteiger partial charge is 0.479 e. The van der Waals surface area contributed by atoms with Gasteiger partial charge in [0.25, 0.3) is 0 Å². The molecule has 7 nitrogen and oxygen atoms in total. The zero-order valence-electron chi connectivity index (χ0n) is 8.36. The number of aromatic carboxylic acids is 1. The molecule has 0 fully saturated rings. The van der Waals surface area contributed by atoms with E-state index in [1.54, 1.807) is 0 Å². The van der Waals surface area contributed by atoms with Gasteiger partial charge in [0.1, 0.15) is 5.56 Å². The van der Waals surface area contributed by atoms with Crippen LogP contribution in [0.1, 0.15) is 10.4 Å². The molecule has 2 aromatic rings. The molecule has 7 heteroatoms. The van der Waals surface area contributed by atoms with Crippen LogP contribution < -0.4 is 4.74 Å². The van der Waals surface area contributed by atoms with Gasteiger partial charge < -0.3 is 9.84 Å². The summed E-state index contributed by atoms with van der Waals surface area (Å²) in [5, 5.41) is 12.8. The standard InChI is InChI=1S/C9H8N4O3/c1-16-8-6(9(14)15)5-13(12-8)7-4-10-2-3-11-7/h2-5H,1H3,(H,14,15). The van der Waals surface area contributed by atoms with E-state index in [1.165, 1.54) is 36.6 Å². The predicted molar refractivity (Wildman–Crippen MR) is 52.7 cm³/mol. The molecule has 2 rings (SSSR count). The Kier molecular flexibility index (Phi) is 2.50. The van der Waals surface area contributed by atoms with Gasteiger partial charge in [0.15, 0.2) is 5.82 Å². The molecule has 0 saturated carbocycles. The molecule has 2 aromatic heterocycles. The van der Waals surface area contributed by atoms with Crippen LogP contribution in [0.25, 0.3) is 5.82 Å². The lowest BCUT2D eigenvalue weighted by Gasteiger charge is -1.96. The van der Waals surface area contributed by atoms with E-state index in [-0.39, 0.29) is 11.4 Å². The van der Waals surface area contributed by atoms with Gasteiger partial charge in [0, 0.05) is 12.4 Å². The minimum absolute atomic E-state index is 0.0202. The zero-order chi connectivity index (χ0) is 11.5. The number of methoxy groups -OCH3 is 1. The van der Waals surface area contributed by atoms with Gasteiger partial charge >= 0.3 is 5.97 Å². The molecule has 0 unspecified atom stereocenters. The number of hydrogen-bond acceptors (Lipinski definition) is 5. The van der Waals surface area contributed by atoms with E-state index in [1.807, 2.05) is 0 Å². The van der Waals surface area contributed by atoms with Crippen LogP contribution in [-0.2, 0) is 0 Å². The smallest absolute Gasteiger partial charge is 0.342 e. The van der Waals surface area contributed by atoms with Gasteiger partial charge in [-0.1, -0.05) is 0 Å². The van der Waals surface area contributed by atoms with E-state index in [0.29, 0.717) is 5.82 Å². The maximum Gasteiger partial charge on any atom is 0.342 e. The molecule has 0 spiro atoms. The fraction of sp³-hybridized carbons (Fsp3) is 0.111. The summed E-state index contributed by atoms with van der Waals surface area (Å²) in [6, 6.07) is 0. The van der Waals surface area contributed by atoms with Crippen LogP contribution in [-0.4, -0.2) is 37.9 Å². The number of carbonyl (C=O) groups is 1. The van der Waals surface area contributed by atoms with E-state index in [0.717, 1.165) is 0 Å². The average molecular weight is 220 g/mol. The van der Waals surface area contributed by atoms with Crippen LogP contribution in [0, 0.1) is 0 Å². The second-order valence-electron chi connectivity index (χ2n) is 2.87. The van der Waals surface area contributed by atoms with Crippen molar-refractivity contribution >= 4 is 5.97 Å². The highest BCUT2D eigenvalue weighted by Gasteiger charge is 2.16. The first-order chi connectivity index (χ1) is 7.72. The second-order valence-corrected chi connectivity index (χ2v) is 2.87. The maximum absolute atomic E-state index is 10.9. The summed E-state index contributed by atoms with van der Waals surface area (Å²) in [6.45, 7) is 0. The topological polar surface area (TPSA) is 90.1 Å². The van der Waals surface area contributed by atoms with Crippen molar-refractivity contribution in [2.45, 2.75) is 0 Å². The van der Waals surface area contributed by atoms with Gasteiger partial charge in [-0.05, 0) is 0 Å². The highest BCUT2D eigenvalue weighted by Crippen LogP contribution is 2.16. The van der Waals surface area contributed by atoms with Gasteiger partial charge in [-0.3, -0.25) is 4.98 Å². The Hall–Kier alpha value is -2.44. The van der Waals surface area contributed by atoms with Crippen molar-refractivity contribution in [3.8, 4) is 11.7 Å². The monoisotopic (exact) mass is 220 g/mol. The first kappa shape index (κ1) is 10.1. The van der Waals surface area contributed by atoms with Crippen LogP contribution in [0.4, 0.5) is 0 Å². The van der Waals surface area contributed by atoms with Crippen LogP contribution in [0.15, 0.2) is 24.8 Å². The summed E-state index contributed by atoms with van der Waals surface area (Å²) in [5.74, 6) is -0.640. The first-order valence-electron chi connectivity index (χ1n) is 4.35. The van der Waals surface area contributed by atoms with Crippen molar-refractivity contribution in [2.24, 2.45) is 0 Å². The molecule has 0 saturated heterocycles. The van der Waals surface area contributed by atoms with Gasteiger partial charge in [-0.15, -0.1) is 5.10 Å². The normalized spacial score (nSPS) is 10.1. The van der Waals surface area contributed by atoms with E-state index in [9.17, 15) is 4.79 Å². The lowest BCUT2D eigenvalue weighted by molar-refractivity contribution is 0.0693. The van der Waals surface area contributed by atoms with E-state index < -0.39 is 5.97 Å². The van der Waals surface area contributed by atoms with Gasteiger partial charge in [0.05, 0.1) is 19.5 Å². The Balaban J connectivity index is 2.48. The van der Waals surface area contributed by atoms with Gasteiger partial charge in [-0.2, -0.15) is 0 Å². The molecule has 1 N–H and O–H groups in total. The maximum atomic E-state index is 10.9. The van der Waals surface area contributed by atoms with Crippen molar-refractivity contribution in [1.29, 1.82) is 0 Å². The number of carboxylic acid groups (broad SMARTS) is 1. The molecule has 16 heavy (non-hydrogen) atoms. The summed E-state index contributed by atoms with van der Waals surface area (Å²) in [5.41, 5.74) is -0.0202. The number of carboxylic acids is 1. The SMILES string of the molecule is COc1nn(-c2cnccn2)cc1C(=O)O. The van der Waals surface area contributed by atoms with E-state index in [2.05, 4.69) is 15.1 Å². The molecule has 0 atom stereocenters. The molecule has 2 heterocycles. The molecule has 82 valence electrons. The predicted octanol–water partition coefficient (Wildman–Crippen LogP) is 0.369. The van der Waals surface area contributed by atoms with E-state index >= 15 is 0 Å². The Morgan fingerprint density at radius 3 is 2.81 bits per heavy atom. The van der Waals surface area contributed by atoms with Crippen molar-refractivity contribution in [2.75, 3.05) is 7.11 Å². The lowest BCUT2D eigenvalue weighted by Crippen LogP contribution is -1.98. The Bertz CT molecular complexity index is 509. The molecule has 0 aromatic carbocycles. The third kappa shape index (κ3) is 1.70. The van der Waals surface area contributed by atoms with Crippen molar-refractivity contribution < 1.29 is 14.6 Å². The first-order valence-corrected chi connectivity index (χ1v) is 4.35. The van der Waals surface area contributed by atoms with Crippen molar-refractivity contribution in [1.82, 2.24) is 19.7 Å². The summed E-state index contributed by atoms with van der Waals surface area (Å²) < 4.78 is 6.15. The van der Waals surface area contributed by atoms with Crippen LogP contribution in [0.3, 0.4) is 0 Å². The van der Waals surface area contributed by atoms with Crippen LogP contribution >= 0.6 is 0 Å². The molecule has 0 aliphatic carbocycles.